The smallest absolute Gasteiger partial charge is 0.274 e. The largest absolute Gasteiger partial charge is 0.497 e. The molecule has 0 saturated carbocycles. The molecule has 0 fully saturated rings. The lowest BCUT2D eigenvalue weighted by Crippen LogP contribution is -2.32. The highest BCUT2D eigenvalue weighted by Gasteiger charge is 2.25. The second kappa shape index (κ2) is 8.23. The van der Waals surface area contributed by atoms with Crippen LogP contribution in [0.1, 0.15) is 27.0 Å². The number of hydrogen-bond donors (Lipinski definition) is 0. The van der Waals surface area contributed by atoms with Crippen LogP contribution in [0, 0.1) is 0 Å². The molecule has 0 bridgehead atoms. The number of carbonyl (C=O) groups excluding carboxylic acids is 1. The summed E-state index contributed by atoms with van der Waals surface area (Å²) in [5.41, 5.74) is 3.87. The molecule has 0 aliphatic carbocycles. The first-order chi connectivity index (χ1) is 14.1. The van der Waals surface area contributed by atoms with Crippen LogP contribution in [0.3, 0.4) is 0 Å². The Morgan fingerprint density at radius 1 is 1.10 bits per heavy atom. The second-order valence-electron chi connectivity index (χ2n) is 6.56. The molecule has 0 radical (unpaired) electrons. The van der Waals surface area contributed by atoms with Crippen LogP contribution in [0.5, 0.6) is 5.75 Å². The molecule has 7 heteroatoms. The number of methoxy groups -OCH3 is 1. The molecule has 0 N–H and O–H groups in total. The first-order valence-electron chi connectivity index (χ1n) is 8.96. The highest BCUT2D eigenvalue weighted by molar-refractivity contribution is 6.36. The summed E-state index contributed by atoms with van der Waals surface area (Å²) >= 11 is 12.6. The molecule has 3 aromatic rings. The minimum Gasteiger partial charge on any atom is -0.497 e. The van der Waals surface area contributed by atoms with Gasteiger partial charge < -0.3 is 4.74 Å². The number of hydrazone groups is 1. The van der Waals surface area contributed by atoms with E-state index < -0.39 is 0 Å². The molecule has 0 atom stereocenters. The van der Waals surface area contributed by atoms with Crippen LogP contribution >= 0.6 is 23.2 Å². The van der Waals surface area contributed by atoms with Gasteiger partial charge in [-0.3, -0.25) is 9.78 Å². The van der Waals surface area contributed by atoms with Crippen LogP contribution in [-0.2, 0) is 13.0 Å². The van der Waals surface area contributed by atoms with E-state index in [4.69, 9.17) is 27.9 Å². The summed E-state index contributed by atoms with van der Waals surface area (Å²) in [5, 5.41) is 7.04. The van der Waals surface area contributed by atoms with Crippen LogP contribution in [0.25, 0.3) is 0 Å². The van der Waals surface area contributed by atoms with Crippen molar-refractivity contribution in [1.29, 1.82) is 0 Å². The number of pyridine rings is 1. The number of fused-ring (bicyclic) bond motifs is 1. The van der Waals surface area contributed by atoms with Crippen LogP contribution in [-0.4, -0.2) is 28.7 Å². The van der Waals surface area contributed by atoms with Crippen molar-refractivity contribution in [3.63, 3.8) is 0 Å². The second-order valence-corrected chi connectivity index (χ2v) is 7.37. The number of carbonyl (C=O) groups is 1. The lowest BCUT2D eigenvalue weighted by atomic mass is 9.96. The van der Waals surface area contributed by atoms with E-state index in [0.717, 1.165) is 22.4 Å². The van der Waals surface area contributed by atoms with Gasteiger partial charge in [0.25, 0.3) is 5.91 Å². The molecule has 1 aliphatic heterocycles. The van der Waals surface area contributed by atoms with Crippen molar-refractivity contribution < 1.29 is 9.53 Å². The molecule has 0 saturated heterocycles. The highest BCUT2D eigenvalue weighted by atomic mass is 35.5. The average Bonchev–Trinajstić information content (AvgIpc) is 2.75. The highest BCUT2D eigenvalue weighted by Crippen LogP contribution is 2.30. The predicted molar refractivity (Wildman–Crippen MR) is 114 cm³/mol. The third-order valence-electron chi connectivity index (χ3n) is 4.74. The third-order valence-corrected chi connectivity index (χ3v) is 5.39. The van der Waals surface area contributed by atoms with Gasteiger partial charge >= 0.3 is 0 Å². The van der Waals surface area contributed by atoms with E-state index in [2.05, 4.69) is 10.1 Å². The summed E-state index contributed by atoms with van der Waals surface area (Å²) in [6.07, 6.45) is 3.47. The van der Waals surface area contributed by atoms with Crippen LogP contribution in [0.15, 0.2) is 66.0 Å². The number of nitrogens with zero attached hydrogens (tertiary/aromatic N) is 3. The Morgan fingerprint density at radius 2 is 1.83 bits per heavy atom. The summed E-state index contributed by atoms with van der Waals surface area (Å²) in [6.45, 7) is 0.349. The Hall–Kier alpha value is -2.89. The summed E-state index contributed by atoms with van der Waals surface area (Å²) in [7, 11) is 1.61. The minimum atomic E-state index is -0.177. The van der Waals surface area contributed by atoms with Crippen molar-refractivity contribution in [1.82, 2.24) is 9.99 Å². The molecule has 0 spiro atoms. The molecule has 2 heterocycles. The van der Waals surface area contributed by atoms with Gasteiger partial charge in [-0.1, -0.05) is 41.4 Å². The van der Waals surface area contributed by atoms with Crippen LogP contribution < -0.4 is 4.74 Å². The topological polar surface area (TPSA) is 54.8 Å². The molecular formula is C22H17Cl2N3O2. The van der Waals surface area contributed by atoms with Gasteiger partial charge in [0.15, 0.2) is 0 Å². The monoisotopic (exact) mass is 425 g/mol. The number of rotatable bonds is 4. The van der Waals surface area contributed by atoms with E-state index in [1.54, 1.807) is 31.6 Å². The molecule has 5 nitrogen and oxygen atoms in total. The molecule has 1 amide bonds. The molecule has 1 aliphatic rings. The number of ether oxygens (including phenoxy) is 1. The number of benzene rings is 2. The fourth-order valence-corrected chi connectivity index (χ4v) is 3.76. The van der Waals surface area contributed by atoms with Gasteiger partial charge in [-0.25, -0.2) is 5.01 Å². The Bertz CT molecular complexity index is 1080. The molecule has 146 valence electrons. The van der Waals surface area contributed by atoms with Crippen molar-refractivity contribution in [2.75, 3.05) is 7.11 Å². The zero-order valence-corrected chi connectivity index (χ0v) is 17.1. The zero-order valence-electron chi connectivity index (χ0n) is 15.6. The zero-order chi connectivity index (χ0) is 20.4. The Kier molecular flexibility index (Phi) is 5.51. The van der Waals surface area contributed by atoms with Crippen molar-refractivity contribution in [3.05, 3.63) is 93.2 Å². The predicted octanol–water partition coefficient (Wildman–Crippen LogP) is 5.00. The van der Waals surface area contributed by atoms with E-state index in [1.807, 2.05) is 36.4 Å². The van der Waals surface area contributed by atoms with E-state index in [0.29, 0.717) is 34.3 Å². The van der Waals surface area contributed by atoms with Crippen molar-refractivity contribution in [2.24, 2.45) is 5.10 Å². The van der Waals surface area contributed by atoms with Gasteiger partial charge in [0, 0.05) is 29.9 Å². The normalized spacial score (nSPS) is 12.9. The van der Waals surface area contributed by atoms with Gasteiger partial charge in [0.05, 0.1) is 29.4 Å². The molecule has 4 rings (SSSR count). The maximum atomic E-state index is 13.0. The Labute approximate surface area is 178 Å². The standard InChI is InChI=1S/C22H17Cl2N3O2/c1-29-16-7-8-17-15(9-16)13-27(22(28)14-5-3-2-4-6-14)26-21(17)10-18-19(23)11-25-12-20(18)24/h2-9,11-12H,10,13H2,1H3. The quantitative estimate of drug-likeness (QED) is 0.590. The van der Waals surface area contributed by atoms with Gasteiger partial charge in [-0.05, 0) is 41.5 Å². The van der Waals surface area contributed by atoms with Gasteiger partial charge in [-0.2, -0.15) is 5.10 Å². The first kappa shape index (κ1) is 19.4. The minimum absolute atomic E-state index is 0.177. The van der Waals surface area contributed by atoms with Crippen LogP contribution in [0.4, 0.5) is 0 Å². The maximum Gasteiger partial charge on any atom is 0.274 e. The van der Waals surface area contributed by atoms with Crippen molar-refractivity contribution in [3.8, 4) is 5.75 Å². The van der Waals surface area contributed by atoms with Crippen LogP contribution in [0.2, 0.25) is 10.0 Å². The summed E-state index contributed by atoms with van der Waals surface area (Å²) in [4.78, 5) is 17.0. The van der Waals surface area contributed by atoms with E-state index >= 15 is 0 Å². The molecular weight excluding hydrogens is 409 g/mol. The summed E-state index contributed by atoms with van der Waals surface area (Å²) in [5.74, 6) is 0.542. The summed E-state index contributed by atoms with van der Waals surface area (Å²) in [6, 6.07) is 14.8. The summed E-state index contributed by atoms with van der Waals surface area (Å²) < 4.78 is 5.36. The number of amides is 1. The fraction of sp³-hybridized carbons (Fsp3) is 0.136. The van der Waals surface area contributed by atoms with Crippen molar-refractivity contribution >= 4 is 34.8 Å². The molecule has 1 aromatic heterocycles. The fourth-order valence-electron chi connectivity index (χ4n) is 3.26. The SMILES string of the molecule is COc1ccc2c(c1)CN(C(=O)c1ccccc1)N=C2Cc1c(Cl)cncc1Cl. The van der Waals surface area contributed by atoms with Gasteiger partial charge in [0.1, 0.15) is 5.75 Å². The van der Waals surface area contributed by atoms with Crippen molar-refractivity contribution in [2.45, 2.75) is 13.0 Å². The average molecular weight is 426 g/mol. The number of hydrogen-bond acceptors (Lipinski definition) is 4. The van der Waals surface area contributed by atoms with E-state index in [-0.39, 0.29) is 5.91 Å². The van der Waals surface area contributed by atoms with Gasteiger partial charge in [0.2, 0.25) is 0 Å². The third kappa shape index (κ3) is 3.97. The number of aromatic nitrogens is 1. The number of halogens is 2. The lowest BCUT2D eigenvalue weighted by Gasteiger charge is -2.27. The maximum absolute atomic E-state index is 13.0. The molecule has 2 aromatic carbocycles. The van der Waals surface area contributed by atoms with E-state index in [9.17, 15) is 4.79 Å². The Morgan fingerprint density at radius 3 is 2.52 bits per heavy atom. The van der Waals surface area contributed by atoms with Gasteiger partial charge in [-0.15, -0.1) is 0 Å². The van der Waals surface area contributed by atoms with E-state index in [1.165, 1.54) is 5.01 Å². The Balaban J connectivity index is 1.77. The molecule has 0 unspecified atom stereocenters. The first-order valence-corrected chi connectivity index (χ1v) is 9.72. The molecule has 29 heavy (non-hydrogen) atoms. The lowest BCUT2D eigenvalue weighted by molar-refractivity contribution is 0.0744.